The molecule has 2 rings (SSSR count). The molecule has 1 aliphatic heterocycles. The first-order chi connectivity index (χ1) is 10.9. The maximum atomic E-state index is 12.6. The molecule has 1 aliphatic rings. The Morgan fingerprint density at radius 3 is 2.43 bits per heavy atom. The van der Waals surface area contributed by atoms with Gasteiger partial charge in [-0.25, -0.2) is 4.98 Å². The second-order valence-electron chi connectivity index (χ2n) is 6.46. The van der Waals surface area contributed by atoms with Gasteiger partial charge < -0.3 is 4.90 Å². The highest BCUT2D eigenvalue weighted by molar-refractivity contribution is 8.00. The molecule has 2 heterocycles. The SMILES string of the molecule is Cc1nc(SCC(=O)N2[C@@H](C)CCC[C@@H]2C)c(C#N)c(C)c1C. The van der Waals surface area contributed by atoms with Crippen LogP contribution in [0, 0.1) is 32.1 Å². The van der Waals surface area contributed by atoms with Gasteiger partial charge in [0.25, 0.3) is 0 Å². The molecule has 0 radical (unpaired) electrons. The van der Waals surface area contributed by atoms with E-state index in [1.807, 2.05) is 25.7 Å². The molecule has 0 unspecified atom stereocenters. The Morgan fingerprint density at radius 2 is 1.87 bits per heavy atom. The van der Waals surface area contributed by atoms with Crippen LogP contribution in [0.2, 0.25) is 0 Å². The molecule has 124 valence electrons. The summed E-state index contributed by atoms with van der Waals surface area (Å²) in [7, 11) is 0. The number of aromatic nitrogens is 1. The lowest BCUT2D eigenvalue weighted by Gasteiger charge is -2.39. The molecule has 1 amide bonds. The summed E-state index contributed by atoms with van der Waals surface area (Å²) in [6.07, 6.45) is 3.34. The number of aryl methyl sites for hydroxylation is 1. The summed E-state index contributed by atoms with van der Waals surface area (Å²) >= 11 is 1.39. The second-order valence-corrected chi connectivity index (χ2v) is 7.42. The molecule has 0 aromatic carbocycles. The van der Waals surface area contributed by atoms with Crippen molar-refractivity contribution < 1.29 is 4.79 Å². The standard InChI is InChI=1S/C18H25N3OS/c1-11-7-6-8-12(2)21(11)17(22)10-23-18-16(9-19)14(4)13(3)15(5)20-18/h11-12H,6-8,10H2,1-5H3/t11-,12-/m0/s1. The zero-order valence-corrected chi connectivity index (χ0v) is 15.5. The van der Waals surface area contributed by atoms with E-state index in [4.69, 9.17) is 0 Å². The number of rotatable bonds is 3. The molecule has 0 saturated carbocycles. The van der Waals surface area contributed by atoms with E-state index in [-0.39, 0.29) is 5.91 Å². The number of amides is 1. The lowest BCUT2D eigenvalue weighted by Crippen LogP contribution is -2.48. The third kappa shape index (κ3) is 3.69. The quantitative estimate of drug-likeness (QED) is 0.791. The van der Waals surface area contributed by atoms with E-state index < -0.39 is 0 Å². The molecule has 1 saturated heterocycles. The first-order valence-corrected chi connectivity index (χ1v) is 9.17. The Morgan fingerprint density at radius 1 is 1.26 bits per heavy atom. The fraction of sp³-hybridized carbons (Fsp3) is 0.611. The Labute approximate surface area is 143 Å². The number of carbonyl (C=O) groups excluding carboxylic acids is 1. The smallest absolute Gasteiger partial charge is 0.233 e. The summed E-state index contributed by atoms with van der Waals surface area (Å²) in [6.45, 7) is 10.1. The largest absolute Gasteiger partial charge is 0.337 e. The van der Waals surface area contributed by atoms with Crippen LogP contribution in [0.1, 0.15) is 55.5 Å². The molecular weight excluding hydrogens is 306 g/mol. The van der Waals surface area contributed by atoms with E-state index in [9.17, 15) is 10.1 Å². The minimum absolute atomic E-state index is 0.149. The third-order valence-electron chi connectivity index (χ3n) is 4.89. The highest BCUT2D eigenvalue weighted by Gasteiger charge is 2.29. The fourth-order valence-electron chi connectivity index (χ4n) is 3.26. The van der Waals surface area contributed by atoms with E-state index in [2.05, 4.69) is 24.9 Å². The predicted octanol–water partition coefficient (Wildman–Crippen LogP) is 3.76. The number of pyridine rings is 1. The van der Waals surface area contributed by atoms with E-state index in [1.54, 1.807) is 0 Å². The van der Waals surface area contributed by atoms with Gasteiger partial charge in [-0.05, 0) is 65.0 Å². The van der Waals surface area contributed by atoms with Gasteiger partial charge in [-0.3, -0.25) is 4.79 Å². The molecule has 0 N–H and O–H groups in total. The zero-order chi connectivity index (χ0) is 17.1. The van der Waals surface area contributed by atoms with Crippen LogP contribution < -0.4 is 0 Å². The number of nitriles is 1. The molecule has 1 aromatic heterocycles. The molecule has 2 atom stereocenters. The van der Waals surface area contributed by atoms with Crippen molar-refractivity contribution in [1.29, 1.82) is 5.26 Å². The van der Waals surface area contributed by atoms with Gasteiger partial charge in [-0.15, -0.1) is 0 Å². The molecule has 4 nitrogen and oxygen atoms in total. The monoisotopic (exact) mass is 331 g/mol. The van der Waals surface area contributed by atoms with Crippen LogP contribution in [0.4, 0.5) is 0 Å². The lowest BCUT2D eigenvalue weighted by atomic mass is 9.98. The van der Waals surface area contributed by atoms with Crippen LogP contribution in [0.5, 0.6) is 0 Å². The molecular formula is C18H25N3OS. The van der Waals surface area contributed by atoms with E-state index >= 15 is 0 Å². The first-order valence-electron chi connectivity index (χ1n) is 8.18. The molecule has 5 heteroatoms. The minimum atomic E-state index is 0.149. The highest BCUT2D eigenvalue weighted by atomic mass is 32.2. The first kappa shape index (κ1) is 17.8. The Hall–Kier alpha value is -1.54. The molecule has 1 fully saturated rings. The van der Waals surface area contributed by atoms with Crippen LogP contribution in [0.25, 0.3) is 0 Å². The van der Waals surface area contributed by atoms with Crippen molar-refractivity contribution in [3.63, 3.8) is 0 Å². The minimum Gasteiger partial charge on any atom is -0.337 e. The number of hydrogen-bond acceptors (Lipinski definition) is 4. The third-order valence-corrected chi connectivity index (χ3v) is 5.85. The summed E-state index contributed by atoms with van der Waals surface area (Å²) in [5.74, 6) is 0.495. The van der Waals surface area contributed by atoms with Gasteiger partial charge in [0, 0.05) is 17.8 Å². The summed E-state index contributed by atoms with van der Waals surface area (Å²) in [4.78, 5) is 19.2. The van der Waals surface area contributed by atoms with Crippen molar-refractivity contribution in [1.82, 2.24) is 9.88 Å². The Bertz CT molecular complexity index is 641. The van der Waals surface area contributed by atoms with Crippen molar-refractivity contribution in [2.75, 3.05) is 5.75 Å². The highest BCUT2D eigenvalue weighted by Crippen LogP contribution is 2.28. The fourth-order valence-corrected chi connectivity index (χ4v) is 4.22. The van der Waals surface area contributed by atoms with Gasteiger partial charge in [-0.1, -0.05) is 11.8 Å². The topological polar surface area (TPSA) is 57.0 Å². The number of likely N-dealkylation sites (tertiary alicyclic amines) is 1. The summed E-state index contributed by atoms with van der Waals surface area (Å²) in [5.41, 5.74) is 3.55. The molecule has 23 heavy (non-hydrogen) atoms. The van der Waals surface area contributed by atoms with Crippen LogP contribution >= 0.6 is 11.8 Å². The normalized spacial score (nSPS) is 21.1. The molecule has 0 aliphatic carbocycles. The maximum absolute atomic E-state index is 12.6. The number of piperidine rings is 1. The Kier molecular flexibility index (Phi) is 5.69. The number of nitrogens with zero attached hydrogens (tertiary/aromatic N) is 3. The average molecular weight is 331 g/mol. The predicted molar refractivity (Wildman–Crippen MR) is 93.5 cm³/mol. The van der Waals surface area contributed by atoms with Crippen molar-refractivity contribution >= 4 is 17.7 Å². The molecule has 0 spiro atoms. The number of thioether (sulfide) groups is 1. The van der Waals surface area contributed by atoms with Gasteiger partial charge in [0.1, 0.15) is 11.1 Å². The lowest BCUT2D eigenvalue weighted by molar-refractivity contribution is -0.134. The van der Waals surface area contributed by atoms with Gasteiger partial charge in [0.15, 0.2) is 0 Å². The van der Waals surface area contributed by atoms with Gasteiger partial charge >= 0.3 is 0 Å². The van der Waals surface area contributed by atoms with E-state index in [1.165, 1.54) is 18.2 Å². The van der Waals surface area contributed by atoms with E-state index in [0.29, 0.717) is 28.4 Å². The Balaban J connectivity index is 2.15. The zero-order valence-electron chi connectivity index (χ0n) is 14.6. The summed E-state index contributed by atoms with van der Waals surface area (Å²) < 4.78 is 0. The number of hydrogen-bond donors (Lipinski definition) is 0. The van der Waals surface area contributed by atoms with Crippen molar-refractivity contribution in [3.05, 3.63) is 22.4 Å². The second kappa shape index (κ2) is 7.35. The van der Waals surface area contributed by atoms with Crippen LogP contribution in [-0.2, 0) is 4.79 Å². The maximum Gasteiger partial charge on any atom is 0.233 e. The van der Waals surface area contributed by atoms with Crippen LogP contribution in [0.3, 0.4) is 0 Å². The molecule has 1 aromatic rings. The molecule has 0 bridgehead atoms. The van der Waals surface area contributed by atoms with Gasteiger partial charge in [0.05, 0.1) is 11.3 Å². The van der Waals surface area contributed by atoms with Gasteiger partial charge in [-0.2, -0.15) is 5.26 Å². The van der Waals surface area contributed by atoms with Crippen LogP contribution in [-0.4, -0.2) is 33.6 Å². The van der Waals surface area contributed by atoms with Crippen molar-refractivity contribution in [2.24, 2.45) is 0 Å². The van der Waals surface area contributed by atoms with E-state index in [0.717, 1.165) is 29.7 Å². The van der Waals surface area contributed by atoms with Gasteiger partial charge in [0.2, 0.25) is 5.91 Å². The van der Waals surface area contributed by atoms with Crippen molar-refractivity contribution in [2.45, 2.75) is 71.0 Å². The summed E-state index contributed by atoms with van der Waals surface area (Å²) in [5, 5.41) is 10.1. The average Bonchev–Trinajstić information content (AvgIpc) is 2.50. The van der Waals surface area contributed by atoms with Crippen molar-refractivity contribution in [3.8, 4) is 6.07 Å². The number of carbonyl (C=O) groups is 1. The van der Waals surface area contributed by atoms with Crippen LogP contribution in [0.15, 0.2) is 5.03 Å². The summed E-state index contributed by atoms with van der Waals surface area (Å²) in [6, 6.07) is 2.85.